The van der Waals surface area contributed by atoms with Crippen molar-refractivity contribution in [2.24, 2.45) is 5.41 Å². The van der Waals surface area contributed by atoms with E-state index >= 15 is 0 Å². The number of carboxylic acid groups (broad SMARTS) is 1. The first-order valence-electron chi connectivity index (χ1n) is 5.91. The van der Waals surface area contributed by atoms with Gasteiger partial charge in [0.05, 0.1) is 12.0 Å². The van der Waals surface area contributed by atoms with Crippen LogP contribution in [0.2, 0.25) is 0 Å². The van der Waals surface area contributed by atoms with Crippen LogP contribution < -0.4 is 4.74 Å². The molecule has 3 nitrogen and oxygen atoms in total. The maximum atomic E-state index is 10.9. The number of hydrogen-bond donors (Lipinski definition) is 1. The van der Waals surface area contributed by atoms with Crippen molar-refractivity contribution in [1.82, 2.24) is 0 Å². The zero-order valence-corrected chi connectivity index (χ0v) is 10.7. The molecule has 0 atom stereocenters. The first kappa shape index (κ1) is 13.6. The summed E-state index contributed by atoms with van der Waals surface area (Å²) in [7, 11) is 0. The van der Waals surface area contributed by atoms with Gasteiger partial charge in [-0.25, -0.2) is 0 Å². The molecule has 0 aromatic heterocycles. The third kappa shape index (κ3) is 4.10. The second-order valence-corrected chi connectivity index (χ2v) is 4.79. The molecule has 0 saturated carbocycles. The molecule has 1 rings (SSSR count). The second-order valence-electron chi connectivity index (χ2n) is 4.79. The highest BCUT2D eigenvalue weighted by atomic mass is 16.5. The number of rotatable bonds is 6. The van der Waals surface area contributed by atoms with E-state index in [2.05, 4.69) is 6.92 Å². The number of ether oxygens (including phenoxy) is 1. The fourth-order valence-corrected chi connectivity index (χ4v) is 1.35. The van der Waals surface area contributed by atoms with E-state index in [0.717, 1.165) is 12.2 Å². The second kappa shape index (κ2) is 5.71. The molecule has 0 amide bonds. The van der Waals surface area contributed by atoms with Crippen LogP contribution in [0.3, 0.4) is 0 Å². The van der Waals surface area contributed by atoms with Gasteiger partial charge in [0.25, 0.3) is 0 Å². The monoisotopic (exact) mass is 236 g/mol. The van der Waals surface area contributed by atoms with Crippen LogP contribution in [0.5, 0.6) is 5.75 Å². The Labute approximate surface area is 102 Å². The highest BCUT2D eigenvalue weighted by molar-refractivity contribution is 5.73. The normalized spacial score (nSPS) is 11.2. The Balaban J connectivity index is 2.43. The molecule has 0 bridgehead atoms. The Bertz CT molecular complexity index is 366. The van der Waals surface area contributed by atoms with Crippen LogP contribution in [0.25, 0.3) is 0 Å². The van der Waals surface area contributed by atoms with Gasteiger partial charge in [0.15, 0.2) is 0 Å². The van der Waals surface area contributed by atoms with E-state index < -0.39 is 11.4 Å². The first-order valence-corrected chi connectivity index (χ1v) is 5.91. The van der Waals surface area contributed by atoms with Crippen molar-refractivity contribution in [1.29, 1.82) is 0 Å². The van der Waals surface area contributed by atoms with Gasteiger partial charge in [-0.2, -0.15) is 0 Å². The van der Waals surface area contributed by atoms with Gasteiger partial charge in [0.1, 0.15) is 5.75 Å². The fraction of sp³-hybridized carbons (Fsp3) is 0.500. The molecule has 0 spiro atoms. The summed E-state index contributed by atoms with van der Waals surface area (Å²) < 4.78 is 5.53. The minimum absolute atomic E-state index is 0.421. The van der Waals surface area contributed by atoms with Crippen LogP contribution in [-0.2, 0) is 11.2 Å². The van der Waals surface area contributed by atoms with Crippen LogP contribution >= 0.6 is 0 Å². The average molecular weight is 236 g/mol. The smallest absolute Gasteiger partial charge is 0.309 e. The Morgan fingerprint density at radius 1 is 1.29 bits per heavy atom. The number of aliphatic carboxylic acids is 1. The third-order valence-electron chi connectivity index (χ3n) is 2.91. The Hall–Kier alpha value is -1.51. The van der Waals surface area contributed by atoms with Gasteiger partial charge < -0.3 is 9.84 Å². The number of benzene rings is 1. The molecule has 94 valence electrons. The lowest BCUT2D eigenvalue weighted by Gasteiger charge is -2.18. The molecule has 1 aromatic rings. The molecule has 0 aliphatic rings. The van der Waals surface area contributed by atoms with E-state index in [-0.39, 0.29) is 0 Å². The topological polar surface area (TPSA) is 46.5 Å². The summed E-state index contributed by atoms with van der Waals surface area (Å²) in [6.07, 6.45) is 1.50. The molecule has 0 saturated heterocycles. The molecule has 0 heterocycles. The molecule has 17 heavy (non-hydrogen) atoms. The highest BCUT2D eigenvalue weighted by Gasteiger charge is 2.26. The lowest BCUT2D eigenvalue weighted by molar-refractivity contribution is -0.147. The molecule has 1 aromatic carbocycles. The van der Waals surface area contributed by atoms with Crippen LogP contribution in [0, 0.1) is 5.41 Å². The first-order chi connectivity index (χ1) is 7.95. The summed E-state index contributed by atoms with van der Waals surface area (Å²) in [5, 5.41) is 8.95. The summed E-state index contributed by atoms with van der Waals surface area (Å²) in [5.74, 6) is 0.00539. The van der Waals surface area contributed by atoms with E-state index in [4.69, 9.17) is 9.84 Å². The largest absolute Gasteiger partial charge is 0.494 e. The summed E-state index contributed by atoms with van der Waals surface area (Å²) in [6.45, 7) is 5.94. The van der Waals surface area contributed by atoms with E-state index in [1.807, 2.05) is 24.3 Å². The summed E-state index contributed by atoms with van der Waals surface area (Å²) in [4.78, 5) is 10.9. The van der Waals surface area contributed by atoms with Crippen LogP contribution in [-0.4, -0.2) is 17.7 Å². The summed E-state index contributed by atoms with van der Waals surface area (Å²) in [6, 6.07) is 7.90. The van der Waals surface area contributed by atoms with Gasteiger partial charge in [-0.05, 0) is 44.4 Å². The van der Waals surface area contributed by atoms with Crippen molar-refractivity contribution in [2.75, 3.05) is 6.61 Å². The van der Waals surface area contributed by atoms with Gasteiger partial charge in [0.2, 0.25) is 0 Å². The van der Waals surface area contributed by atoms with E-state index in [1.54, 1.807) is 13.8 Å². The van der Waals surface area contributed by atoms with Gasteiger partial charge in [-0.15, -0.1) is 0 Å². The van der Waals surface area contributed by atoms with Gasteiger partial charge in [-0.1, -0.05) is 19.1 Å². The lowest BCUT2D eigenvalue weighted by atomic mass is 9.90. The number of aryl methyl sites for hydroxylation is 1. The maximum absolute atomic E-state index is 10.9. The van der Waals surface area contributed by atoms with Crippen LogP contribution in [0.1, 0.15) is 32.8 Å². The Kier molecular flexibility index (Phi) is 4.55. The van der Waals surface area contributed by atoms with Crippen LogP contribution in [0.15, 0.2) is 24.3 Å². The molecular formula is C14H20O3. The summed E-state index contributed by atoms with van der Waals surface area (Å²) in [5.41, 5.74) is 0.534. The zero-order chi connectivity index (χ0) is 12.9. The number of carboxylic acids is 1. The highest BCUT2D eigenvalue weighted by Crippen LogP contribution is 2.21. The standard InChI is InChI=1S/C14H20O3/c1-4-11-5-7-12(8-6-11)17-10-9-14(2,3)13(15)16/h5-8H,4,9-10H2,1-3H3,(H,15,16). The number of carbonyl (C=O) groups is 1. The average Bonchev–Trinajstić information content (AvgIpc) is 2.29. The predicted octanol–water partition coefficient (Wildman–Crippen LogP) is 3.13. The molecule has 0 aliphatic heterocycles. The molecule has 1 N–H and O–H groups in total. The molecular weight excluding hydrogens is 216 g/mol. The van der Waals surface area contributed by atoms with E-state index in [1.165, 1.54) is 5.56 Å². The fourth-order valence-electron chi connectivity index (χ4n) is 1.35. The van der Waals surface area contributed by atoms with Gasteiger partial charge >= 0.3 is 5.97 Å². The molecule has 0 unspecified atom stereocenters. The quantitative estimate of drug-likeness (QED) is 0.825. The molecule has 0 radical (unpaired) electrons. The minimum Gasteiger partial charge on any atom is -0.494 e. The Morgan fingerprint density at radius 2 is 1.88 bits per heavy atom. The molecule has 3 heteroatoms. The zero-order valence-electron chi connectivity index (χ0n) is 10.7. The maximum Gasteiger partial charge on any atom is 0.309 e. The Morgan fingerprint density at radius 3 is 2.35 bits per heavy atom. The van der Waals surface area contributed by atoms with Crippen molar-refractivity contribution < 1.29 is 14.6 Å². The van der Waals surface area contributed by atoms with Gasteiger partial charge in [0, 0.05) is 0 Å². The third-order valence-corrected chi connectivity index (χ3v) is 2.91. The van der Waals surface area contributed by atoms with Crippen molar-refractivity contribution in [3.05, 3.63) is 29.8 Å². The molecule has 0 fully saturated rings. The predicted molar refractivity (Wildman–Crippen MR) is 67.3 cm³/mol. The SMILES string of the molecule is CCc1ccc(OCCC(C)(C)C(=O)O)cc1. The molecule has 0 aliphatic carbocycles. The van der Waals surface area contributed by atoms with Crippen molar-refractivity contribution in [3.63, 3.8) is 0 Å². The van der Waals surface area contributed by atoms with Gasteiger partial charge in [-0.3, -0.25) is 4.79 Å². The van der Waals surface area contributed by atoms with Crippen molar-refractivity contribution in [3.8, 4) is 5.75 Å². The van der Waals surface area contributed by atoms with Crippen molar-refractivity contribution in [2.45, 2.75) is 33.6 Å². The minimum atomic E-state index is -0.789. The van der Waals surface area contributed by atoms with Crippen molar-refractivity contribution >= 4 is 5.97 Å². The van der Waals surface area contributed by atoms with E-state index in [0.29, 0.717) is 13.0 Å². The van der Waals surface area contributed by atoms with E-state index in [9.17, 15) is 4.79 Å². The van der Waals surface area contributed by atoms with Crippen LogP contribution in [0.4, 0.5) is 0 Å². The summed E-state index contributed by atoms with van der Waals surface area (Å²) >= 11 is 0. The number of hydrogen-bond acceptors (Lipinski definition) is 2. The lowest BCUT2D eigenvalue weighted by Crippen LogP contribution is -2.25.